The molecule has 0 aromatic heterocycles. The maximum atomic E-state index is 12.1. The summed E-state index contributed by atoms with van der Waals surface area (Å²) < 4.78 is 5.59. The Morgan fingerprint density at radius 3 is 3.05 bits per heavy atom. The van der Waals surface area contributed by atoms with Crippen LogP contribution < -0.4 is 4.74 Å². The van der Waals surface area contributed by atoms with Gasteiger partial charge in [-0.2, -0.15) is 0 Å². The van der Waals surface area contributed by atoms with Crippen LogP contribution >= 0.6 is 11.8 Å². The Kier molecular flexibility index (Phi) is 4.06. The number of ether oxygens (including phenoxy) is 1. The van der Waals surface area contributed by atoms with E-state index >= 15 is 0 Å². The van der Waals surface area contributed by atoms with Crippen LogP contribution in [0.3, 0.4) is 0 Å². The fraction of sp³-hybridized carbons (Fsp3) is 0.176. The average Bonchev–Trinajstić information content (AvgIpc) is 2.50. The van der Waals surface area contributed by atoms with Crippen LogP contribution in [0.15, 0.2) is 58.5 Å². The first-order valence-electron chi connectivity index (χ1n) is 6.86. The quantitative estimate of drug-likeness (QED) is 0.800. The number of thioether (sulfide) groups is 1. The maximum absolute atomic E-state index is 12.1. The molecule has 0 bridgehead atoms. The van der Waals surface area contributed by atoms with Crippen LogP contribution in [-0.2, 0) is 4.79 Å². The minimum absolute atomic E-state index is 0.123. The zero-order valence-electron chi connectivity index (χ0n) is 11.7. The smallest absolute Gasteiger partial charge is 0.283 e. The number of fused-ring (bicyclic) bond motifs is 1. The maximum Gasteiger partial charge on any atom is 0.283 e. The Labute approximate surface area is 128 Å². The highest BCUT2D eigenvalue weighted by molar-refractivity contribution is 8.05. The highest BCUT2D eigenvalue weighted by Crippen LogP contribution is 2.34. The summed E-state index contributed by atoms with van der Waals surface area (Å²) in [6.45, 7) is 2.54. The lowest BCUT2D eigenvalue weighted by Crippen LogP contribution is -2.22. The first-order valence-corrected chi connectivity index (χ1v) is 7.74. The van der Waals surface area contributed by atoms with Gasteiger partial charge in [-0.25, -0.2) is 4.99 Å². The molecule has 1 aromatic rings. The largest absolute Gasteiger partial charge is 0.493 e. The lowest BCUT2D eigenvalue weighted by atomic mass is 10.1. The third-order valence-corrected chi connectivity index (χ3v) is 4.36. The van der Waals surface area contributed by atoms with Crippen molar-refractivity contribution in [2.24, 2.45) is 4.99 Å². The van der Waals surface area contributed by atoms with Gasteiger partial charge in [0.15, 0.2) is 0 Å². The minimum atomic E-state index is -0.183. The number of hydrogen-bond donors (Lipinski definition) is 0. The number of carbonyl (C=O) groups excluding carboxylic acids is 1. The van der Waals surface area contributed by atoms with E-state index in [-0.39, 0.29) is 11.2 Å². The Morgan fingerprint density at radius 1 is 1.33 bits per heavy atom. The second-order valence-corrected chi connectivity index (χ2v) is 5.79. The van der Waals surface area contributed by atoms with Crippen molar-refractivity contribution in [1.29, 1.82) is 0 Å². The van der Waals surface area contributed by atoms with Crippen molar-refractivity contribution < 1.29 is 9.53 Å². The second kappa shape index (κ2) is 6.14. The molecule has 0 radical (unpaired) electrons. The lowest BCUT2D eigenvalue weighted by molar-refractivity contribution is -0.113. The van der Waals surface area contributed by atoms with E-state index in [2.05, 4.69) is 11.1 Å². The lowest BCUT2D eigenvalue weighted by Gasteiger charge is -2.20. The van der Waals surface area contributed by atoms with E-state index in [9.17, 15) is 4.79 Å². The van der Waals surface area contributed by atoms with Crippen molar-refractivity contribution in [2.45, 2.75) is 12.2 Å². The number of benzene rings is 1. The molecule has 0 fully saturated rings. The van der Waals surface area contributed by atoms with Crippen molar-refractivity contribution in [3.8, 4) is 5.75 Å². The summed E-state index contributed by atoms with van der Waals surface area (Å²) in [7, 11) is 0. The van der Waals surface area contributed by atoms with Crippen molar-refractivity contribution in [2.75, 3.05) is 6.61 Å². The first kappa shape index (κ1) is 13.9. The zero-order chi connectivity index (χ0) is 14.7. The number of carbonyl (C=O) groups is 1. The fourth-order valence-corrected chi connectivity index (χ4v) is 3.23. The molecule has 21 heavy (non-hydrogen) atoms. The van der Waals surface area contributed by atoms with Crippen LogP contribution in [0.5, 0.6) is 5.75 Å². The molecule has 0 N–H and O–H groups in total. The molecule has 1 atom stereocenters. The van der Waals surface area contributed by atoms with Gasteiger partial charge in [-0.15, -0.1) is 11.8 Å². The van der Waals surface area contributed by atoms with Crippen molar-refractivity contribution in [3.05, 3.63) is 59.0 Å². The molecule has 2 aliphatic rings. The van der Waals surface area contributed by atoms with E-state index in [1.165, 1.54) is 11.8 Å². The normalized spacial score (nSPS) is 22.1. The summed E-state index contributed by atoms with van der Waals surface area (Å²) >= 11 is 1.53. The van der Waals surface area contributed by atoms with Crippen molar-refractivity contribution in [1.82, 2.24) is 0 Å². The minimum Gasteiger partial charge on any atom is -0.493 e. The van der Waals surface area contributed by atoms with E-state index in [1.54, 1.807) is 0 Å². The summed E-state index contributed by atoms with van der Waals surface area (Å²) in [5, 5.41) is 0.123. The van der Waals surface area contributed by atoms with Gasteiger partial charge in [0.25, 0.3) is 5.91 Å². The van der Waals surface area contributed by atoms with Gasteiger partial charge >= 0.3 is 0 Å². The summed E-state index contributed by atoms with van der Waals surface area (Å²) in [6, 6.07) is 7.71. The standard InChI is InChI=1S/C17H15NO2S/c1-2-20-14-9-5-3-7-12(14)11-16-17(19)18-13-8-4-6-10-15(13)21-16/h3-11,15H,2H2,1H3/b16-11+. The topological polar surface area (TPSA) is 38.7 Å². The fourth-order valence-electron chi connectivity index (χ4n) is 2.20. The molecule has 0 spiro atoms. The number of nitrogens with zero attached hydrogens (tertiary/aromatic N) is 1. The first-order chi connectivity index (χ1) is 10.3. The molecule has 1 heterocycles. The highest BCUT2D eigenvalue weighted by Gasteiger charge is 2.25. The molecule has 3 rings (SSSR count). The van der Waals surface area contributed by atoms with Gasteiger partial charge in [-0.1, -0.05) is 36.4 Å². The molecular formula is C17H15NO2S. The van der Waals surface area contributed by atoms with Gasteiger partial charge < -0.3 is 4.74 Å². The van der Waals surface area contributed by atoms with Crippen LogP contribution in [0.4, 0.5) is 0 Å². The van der Waals surface area contributed by atoms with Crippen LogP contribution in [0, 0.1) is 0 Å². The Bertz CT molecular complexity index is 686. The number of amides is 1. The molecule has 1 aliphatic carbocycles. The zero-order valence-corrected chi connectivity index (χ0v) is 12.5. The van der Waals surface area contributed by atoms with Gasteiger partial charge in [0.2, 0.25) is 0 Å². The third kappa shape index (κ3) is 3.00. The van der Waals surface area contributed by atoms with Gasteiger partial charge in [0, 0.05) is 5.56 Å². The number of rotatable bonds is 3. The average molecular weight is 297 g/mol. The molecule has 1 aliphatic heterocycles. The predicted octanol–water partition coefficient (Wildman–Crippen LogP) is 3.64. The van der Waals surface area contributed by atoms with Crippen molar-refractivity contribution >= 4 is 29.5 Å². The Morgan fingerprint density at radius 2 is 2.19 bits per heavy atom. The molecule has 1 aromatic carbocycles. The van der Waals surface area contributed by atoms with Crippen LogP contribution in [-0.4, -0.2) is 23.5 Å². The van der Waals surface area contributed by atoms with Gasteiger partial charge in [0.1, 0.15) is 5.75 Å². The van der Waals surface area contributed by atoms with E-state index in [0.29, 0.717) is 11.5 Å². The Balaban J connectivity index is 1.94. The molecule has 1 amide bonds. The predicted molar refractivity (Wildman–Crippen MR) is 87.7 cm³/mol. The summed E-state index contributed by atoms with van der Waals surface area (Å²) in [6.07, 6.45) is 9.70. The summed E-state index contributed by atoms with van der Waals surface area (Å²) in [5.74, 6) is 0.604. The van der Waals surface area contributed by atoms with Gasteiger partial charge in [-0.05, 0) is 25.1 Å². The highest BCUT2D eigenvalue weighted by atomic mass is 32.2. The number of aliphatic imine (C=N–C) groups is 1. The van der Waals surface area contributed by atoms with E-state index < -0.39 is 0 Å². The summed E-state index contributed by atoms with van der Waals surface area (Å²) in [5.41, 5.74) is 1.73. The number of allylic oxidation sites excluding steroid dienone is 3. The summed E-state index contributed by atoms with van der Waals surface area (Å²) in [4.78, 5) is 17.0. The number of hydrogen-bond acceptors (Lipinski definition) is 3. The monoisotopic (exact) mass is 297 g/mol. The molecule has 3 nitrogen and oxygen atoms in total. The molecule has 106 valence electrons. The van der Waals surface area contributed by atoms with Crippen LogP contribution in [0.2, 0.25) is 0 Å². The SMILES string of the molecule is CCOc1ccccc1/C=C1/SC2C=CC=CC2=NC1=O. The molecule has 0 saturated carbocycles. The Hall–Kier alpha value is -2.07. The van der Waals surface area contributed by atoms with Gasteiger partial charge in [-0.3, -0.25) is 4.79 Å². The number of para-hydroxylation sites is 1. The van der Waals surface area contributed by atoms with E-state index in [4.69, 9.17) is 4.74 Å². The van der Waals surface area contributed by atoms with Crippen LogP contribution in [0.25, 0.3) is 6.08 Å². The molecule has 1 unspecified atom stereocenters. The second-order valence-electron chi connectivity index (χ2n) is 4.60. The third-order valence-electron chi connectivity index (χ3n) is 3.16. The van der Waals surface area contributed by atoms with E-state index in [1.807, 2.05) is 55.5 Å². The molecular weight excluding hydrogens is 282 g/mol. The van der Waals surface area contributed by atoms with Gasteiger partial charge in [0.05, 0.1) is 22.5 Å². The molecule has 0 saturated heterocycles. The van der Waals surface area contributed by atoms with Crippen molar-refractivity contribution in [3.63, 3.8) is 0 Å². The van der Waals surface area contributed by atoms with E-state index in [0.717, 1.165) is 17.0 Å². The van der Waals surface area contributed by atoms with Crippen LogP contribution in [0.1, 0.15) is 12.5 Å². The molecule has 4 heteroatoms.